The van der Waals surface area contributed by atoms with E-state index in [2.05, 4.69) is 28.4 Å². The zero-order chi connectivity index (χ0) is 9.80. The molecule has 1 aromatic carbocycles. The minimum Gasteiger partial charge on any atom is -0.261 e. The van der Waals surface area contributed by atoms with Gasteiger partial charge in [0.1, 0.15) is 0 Å². The molecule has 0 spiro atoms. The normalized spacial score (nSPS) is 10.1. The lowest BCUT2D eigenvalue weighted by Gasteiger charge is -2.04. The van der Waals surface area contributed by atoms with Crippen LogP contribution in [0.1, 0.15) is 0 Å². The van der Waals surface area contributed by atoms with Gasteiger partial charge in [-0.05, 0) is 12.3 Å². The van der Waals surface area contributed by atoms with Crippen LogP contribution >= 0.6 is 11.8 Å². The zero-order valence-corrected chi connectivity index (χ0v) is 8.66. The number of hydrogen-bond donors (Lipinski definition) is 0. The number of hydrogen-bond acceptors (Lipinski definition) is 3. The molecule has 0 saturated carbocycles. The molecule has 2 nitrogen and oxygen atoms in total. The minimum atomic E-state index is 0.928. The topological polar surface area (TPSA) is 25.8 Å². The predicted octanol–water partition coefficient (Wildman–Crippen LogP) is 2.87. The summed E-state index contributed by atoms with van der Waals surface area (Å²) in [6.07, 6.45) is 7.25. The van der Waals surface area contributed by atoms with Crippen LogP contribution in [0.5, 0.6) is 0 Å². The third-order valence-corrected chi connectivity index (χ3v) is 2.74. The van der Waals surface area contributed by atoms with E-state index >= 15 is 0 Å². The van der Waals surface area contributed by atoms with E-state index < -0.39 is 0 Å². The second-order valence-corrected chi connectivity index (χ2v) is 3.64. The monoisotopic (exact) mass is 202 g/mol. The van der Waals surface area contributed by atoms with Crippen molar-refractivity contribution in [2.75, 3.05) is 6.26 Å². The van der Waals surface area contributed by atoms with Gasteiger partial charge in [0.15, 0.2) is 0 Å². The standard InChI is InChI=1S/C11H10N2S/c1-14-11-5-3-2-4-9(11)10-8-12-6-7-13-10/h2-8H,1H3. The number of benzene rings is 1. The molecule has 0 unspecified atom stereocenters. The molecule has 2 rings (SSSR count). The first-order valence-electron chi connectivity index (χ1n) is 4.31. The molecule has 0 atom stereocenters. The molecule has 0 aliphatic rings. The number of rotatable bonds is 2. The van der Waals surface area contributed by atoms with Crippen molar-refractivity contribution in [3.8, 4) is 11.3 Å². The van der Waals surface area contributed by atoms with E-state index in [-0.39, 0.29) is 0 Å². The molecule has 3 heteroatoms. The minimum absolute atomic E-state index is 0.928. The number of nitrogens with zero attached hydrogens (tertiary/aromatic N) is 2. The third kappa shape index (κ3) is 1.77. The Morgan fingerprint density at radius 1 is 1.14 bits per heavy atom. The Kier molecular flexibility index (Phi) is 2.79. The fourth-order valence-corrected chi connectivity index (χ4v) is 1.90. The van der Waals surface area contributed by atoms with Gasteiger partial charge in [-0.2, -0.15) is 0 Å². The van der Waals surface area contributed by atoms with Crippen molar-refractivity contribution in [3.05, 3.63) is 42.9 Å². The van der Waals surface area contributed by atoms with Gasteiger partial charge in [0.05, 0.1) is 11.9 Å². The molecular weight excluding hydrogens is 192 g/mol. The molecule has 70 valence electrons. The molecule has 0 radical (unpaired) electrons. The van der Waals surface area contributed by atoms with Gasteiger partial charge in [0.2, 0.25) is 0 Å². The molecule has 1 heterocycles. The summed E-state index contributed by atoms with van der Waals surface area (Å²) >= 11 is 1.72. The van der Waals surface area contributed by atoms with Crippen LogP contribution in [0.15, 0.2) is 47.8 Å². The van der Waals surface area contributed by atoms with Gasteiger partial charge in [-0.25, -0.2) is 0 Å². The van der Waals surface area contributed by atoms with Crippen molar-refractivity contribution in [1.82, 2.24) is 9.97 Å². The number of thioether (sulfide) groups is 1. The molecule has 0 N–H and O–H groups in total. The highest BCUT2D eigenvalue weighted by atomic mass is 32.2. The molecule has 2 aromatic rings. The van der Waals surface area contributed by atoms with Crippen LogP contribution in [0.3, 0.4) is 0 Å². The first kappa shape index (κ1) is 9.21. The summed E-state index contributed by atoms with van der Waals surface area (Å²) in [5.74, 6) is 0. The molecule has 14 heavy (non-hydrogen) atoms. The molecule has 0 saturated heterocycles. The van der Waals surface area contributed by atoms with Gasteiger partial charge in [0.25, 0.3) is 0 Å². The summed E-state index contributed by atoms with van der Waals surface area (Å²) in [4.78, 5) is 9.58. The Hall–Kier alpha value is -1.35. The summed E-state index contributed by atoms with van der Waals surface area (Å²) in [7, 11) is 0. The fraction of sp³-hybridized carbons (Fsp3) is 0.0909. The van der Waals surface area contributed by atoms with Crippen molar-refractivity contribution in [3.63, 3.8) is 0 Å². The van der Waals surface area contributed by atoms with E-state index in [1.165, 1.54) is 4.90 Å². The Balaban J connectivity index is 2.51. The second kappa shape index (κ2) is 4.24. The van der Waals surface area contributed by atoms with Gasteiger partial charge in [0, 0.05) is 22.9 Å². The van der Waals surface area contributed by atoms with E-state index in [4.69, 9.17) is 0 Å². The van der Waals surface area contributed by atoms with E-state index in [0.717, 1.165) is 11.3 Å². The van der Waals surface area contributed by atoms with Crippen molar-refractivity contribution in [2.45, 2.75) is 4.90 Å². The van der Waals surface area contributed by atoms with Gasteiger partial charge in [-0.15, -0.1) is 11.8 Å². The average molecular weight is 202 g/mol. The van der Waals surface area contributed by atoms with Gasteiger partial charge in [-0.1, -0.05) is 18.2 Å². The SMILES string of the molecule is CSc1ccccc1-c1cnccn1. The maximum atomic E-state index is 4.28. The molecule has 1 aromatic heterocycles. The highest BCUT2D eigenvalue weighted by Gasteiger charge is 2.03. The summed E-state index contributed by atoms with van der Waals surface area (Å²) in [6, 6.07) is 8.21. The maximum Gasteiger partial charge on any atom is 0.0896 e. The summed E-state index contributed by atoms with van der Waals surface area (Å²) < 4.78 is 0. The number of aromatic nitrogens is 2. The smallest absolute Gasteiger partial charge is 0.0896 e. The van der Waals surface area contributed by atoms with Gasteiger partial charge >= 0.3 is 0 Å². The molecular formula is C11H10N2S. The van der Waals surface area contributed by atoms with E-state index in [9.17, 15) is 0 Å². The quantitative estimate of drug-likeness (QED) is 0.700. The van der Waals surface area contributed by atoms with Gasteiger partial charge in [-0.3, -0.25) is 9.97 Å². The Morgan fingerprint density at radius 3 is 2.71 bits per heavy atom. The first-order valence-corrected chi connectivity index (χ1v) is 5.53. The van der Waals surface area contributed by atoms with Crippen molar-refractivity contribution >= 4 is 11.8 Å². The lowest BCUT2D eigenvalue weighted by molar-refractivity contribution is 1.19. The van der Waals surface area contributed by atoms with Crippen LogP contribution in [0.4, 0.5) is 0 Å². The lowest BCUT2D eigenvalue weighted by Crippen LogP contribution is -1.86. The summed E-state index contributed by atoms with van der Waals surface area (Å²) in [5, 5.41) is 0. The van der Waals surface area contributed by atoms with Crippen LogP contribution < -0.4 is 0 Å². The van der Waals surface area contributed by atoms with E-state index in [1.807, 2.05) is 12.1 Å². The summed E-state index contributed by atoms with van der Waals surface area (Å²) in [6.45, 7) is 0. The molecule has 0 fully saturated rings. The van der Waals surface area contributed by atoms with Crippen molar-refractivity contribution in [2.24, 2.45) is 0 Å². The lowest BCUT2D eigenvalue weighted by atomic mass is 10.2. The van der Waals surface area contributed by atoms with Crippen LogP contribution in [0.2, 0.25) is 0 Å². The summed E-state index contributed by atoms with van der Waals surface area (Å²) in [5.41, 5.74) is 2.07. The highest BCUT2D eigenvalue weighted by Crippen LogP contribution is 2.27. The zero-order valence-electron chi connectivity index (χ0n) is 7.84. The molecule has 0 amide bonds. The van der Waals surface area contributed by atoms with Crippen LogP contribution in [-0.2, 0) is 0 Å². The molecule has 0 bridgehead atoms. The Morgan fingerprint density at radius 2 is 2.00 bits per heavy atom. The molecule has 0 aliphatic carbocycles. The predicted molar refractivity (Wildman–Crippen MR) is 59.2 cm³/mol. The van der Waals surface area contributed by atoms with Crippen LogP contribution in [0, 0.1) is 0 Å². The Labute approximate surface area is 87.4 Å². The first-order chi connectivity index (χ1) is 6.92. The van der Waals surface area contributed by atoms with Crippen molar-refractivity contribution < 1.29 is 0 Å². The van der Waals surface area contributed by atoms with E-state index in [1.54, 1.807) is 30.4 Å². The Bertz CT molecular complexity index is 415. The average Bonchev–Trinajstić information content (AvgIpc) is 2.30. The van der Waals surface area contributed by atoms with Crippen molar-refractivity contribution in [1.29, 1.82) is 0 Å². The molecule has 0 aliphatic heterocycles. The second-order valence-electron chi connectivity index (χ2n) is 2.79. The fourth-order valence-electron chi connectivity index (χ4n) is 1.29. The van der Waals surface area contributed by atoms with Gasteiger partial charge < -0.3 is 0 Å². The van der Waals surface area contributed by atoms with Crippen LogP contribution in [0.25, 0.3) is 11.3 Å². The highest BCUT2D eigenvalue weighted by molar-refractivity contribution is 7.98. The third-order valence-electron chi connectivity index (χ3n) is 1.95. The maximum absolute atomic E-state index is 4.28. The van der Waals surface area contributed by atoms with Crippen LogP contribution in [-0.4, -0.2) is 16.2 Å². The largest absolute Gasteiger partial charge is 0.261 e. The van der Waals surface area contributed by atoms with E-state index in [0.29, 0.717) is 0 Å².